The van der Waals surface area contributed by atoms with Crippen LogP contribution in [0.2, 0.25) is 0 Å². The molecule has 0 aliphatic heterocycles. The predicted molar refractivity (Wildman–Crippen MR) is 109 cm³/mol. The Morgan fingerprint density at radius 2 is 1.68 bits per heavy atom. The zero-order valence-corrected chi connectivity index (χ0v) is 17.0. The van der Waals surface area contributed by atoms with Gasteiger partial charge in [-0.3, -0.25) is 5.32 Å². The lowest BCUT2D eigenvalue weighted by molar-refractivity contribution is 0.0635. The number of benzene rings is 1. The molecule has 28 heavy (non-hydrogen) atoms. The van der Waals surface area contributed by atoms with Gasteiger partial charge in [0.15, 0.2) is 11.5 Å². The van der Waals surface area contributed by atoms with E-state index in [1.165, 1.54) is 0 Å². The van der Waals surface area contributed by atoms with Gasteiger partial charge in [-0.05, 0) is 50.6 Å². The molecule has 0 atom stereocenters. The number of hydrogen-bond donors (Lipinski definition) is 1. The summed E-state index contributed by atoms with van der Waals surface area (Å²) < 4.78 is 21.4. The van der Waals surface area contributed by atoms with E-state index in [4.69, 9.17) is 18.9 Å². The number of amides is 1. The Balaban J connectivity index is 2.29. The van der Waals surface area contributed by atoms with Crippen LogP contribution in [0.15, 0.2) is 30.5 Å². The van der Waals surface area contributed by atoms with Crippen LogP contribution < -0.4 is 19.5 Å². The molecule has 0 fully saturated rings. The maximum Gasteiger partial charge on any atom is 0.413 e. The van der Waals surface area contributed by atoms with E-state index in [0.29, 0.717) is 23.1 Å². The van der Waals surface area contributed by atoms with Crippen molar-refractivity contribution in [3.8, 4) is 17.2 Å². The van der Waals surface area contributed by atoms with Crippen LogP contribution in [0.25, 0.3) is 12.2 Å². The molecule has 0 spiro atoms. The molecule has 1 amide bonds. The fraction of sp³-hybridized carbons (Fsp3) is 0.333. The van der Waals surface area contributed by atoms with Crippen molar-refractivity contribution in [2.45, 2.75) is 26.4 Å². The summed E-state index contributed by atoms with van der Waals surface area (Å²) in [7, 11) is 4.68. The molecular formula is C21H26N2O5. The molecule has 1 heterocycles. The number of rotatable bonds is 6. The van der Waals surface area contributed by atoms with Crippen molar-refractivity contribution in [1.82, 2.24) is 4.98 Å². The van der Waals surface area contributed by atoms with Crippen molar-refractivity contribution in [3.63, 3.8) is 0 Å². The Morgan fingerprint density at radius 1 is 1.04 bits per heavy atom. The Morgan fingerprint density at radius 3 is 2.21 bits per heavy atom. The number of carbonyl (C=O) groups excluding carboxylic acids is 1. The van der Waals surface area contributed by atoms with Gasteiger partial charge in [0.1, 0.15) is 11.4 Å². The van der Waals surface area contributed by atoms with Gasteiger partial charge in [0, 0.05) is 11.8 Å². The molecule has 7 heteroatoms. The lowest BCUT2D eigenvalue weighted by atomic mass is 10.1. The first-order chi connectivity index (χ1) is 13.3. The number of nitrogens with one attached hydrogen (secondary N) is 1. The summed E-state index contributed by atoms with van der Waals surface area (Å²) >= 11 is 0. The van der Waals surface area contributed by atoms with E-state index in [9.17, 15) is 4.79 Å². The highest BCUT2D eigenvalue weighted by Gasteiger charge is 2.17. The van der Waals surface area contributed by atoms with Crippen LogP contribution in [0, 0.1) is 0 Å². The van der Waals surface area contributed by atoms with Crippen LogP contribution in [0.4, 0.5) is 10.6 Å². The summed E-state index contributed by atoms with van der Waals surface area (Å²) in [5, 5.41) is 2.67. The van der Waals surface area contributed by atoms with E-state index < -0.39 is 11.7 Å². The molecule has 1 aromatic carbocycles. The van der Waals surface area contributed by atoms with E-state index in [2.05, 4.69) is 10.3 Å². The minimum atomic E-state index is -0.592. The highest BCUT2D eigenvalue weighted by molar-refractivity contribution is 5.88. The van der Waals surface area contributed by atoms with Gasteiger partial charge in [-0.25, -0.2) is 9.78 Å². The first-order valence-corrected chi connectivity index (χ1v) is 8.70. The van der Waals surface area contributed by atoms with Crippen molar-refractivity contribution in [2.24, 2.45) is 0 Å². The second kappa shape index (κ2) is 9.12. The van der Waals surface area contributed by atoms with Gasteiger partial charge in [-0.1, -0.05) is 12.2 Å². The molecular weight excluding hydrogens is 360 g/mol. The SMILES string of the molecule is COc1cc(/C=C/c2cccnc2NC(=O)OC(C)(C)C)cc(OC)c1OC. The Hall–Kier alpha value is -3.22. The molecule has 2 rings (SSSR count). The molecule has 0 saturated heterocycles. The molecule has 0 radical (unpaired) electrons. The van der Waals surface area contributed by atoms with Crippen LogP contribution >= 0.6 is 0 Å². The minimum absolute atomic E-state index is 0.403. The quantitative estimate of drug-likeness (QED) is 0.780. The third-order valence-corrected chi connectivity index (χ3v) is 3.60. The van der Waals surface area contributed by atoms with Crippen molar-refractivity contribution in [3.05, 3.63) is 41.6 Å². The standard InChI is InChI=1S/C21H26N2O5/c1-21(2,3)28-20(24)23-19-15(8-7-11-22-19)10-9-14-12-16(25-4)18(27-6)17(13-14)26-5/h7-13H,1-6H3,(H,22,23,24)/b10-9+. The van der Waals surface area contributed by atoms with Gasteiger partial charge in [0.05, 0.1) is 21.3 Å². The van der Waals surface area contributed by atoms with Crippen LogP contribution in [0.3, 0.4) is 0 Å². The molecule has 0 aliphatic carbocycles. The fourth-order valence-electron chi connectivity index (χ4n) is 2.44. The van der Waals surface area contributed by atoms with Crippen LogP contribution in [0.5, 0.6) is 17.2 Å². The summed E-state index contributed by atoms with van der Waals surface area (Å²) in [6, 6.07) is 7.29. The maximum absolute atomic E-state index is 12.0. The monoisotopic (exact) mass is 386 g/mol. The van der Waals surface area contributed by atoms with E-state index in [1.807, 2.05) is 30.4 Å². The van der Waals surface area contributed by atoms with Gasteiger partial charge < -0.3 is 18.9 Å². The third kappa shape index (κ3) is 5.64. The molecule has 150 valence electrons. The van der Waals surface area contributed by atoms with Crippen molar-refractivity contribution < 1.29 is 23.7 Å². The maximum atomic E-state index is 12.0. The number of pyridine rings is 1. The molecule has 1 aromatic heterocycles. The normalized spacial score (nSPS) is 11.2. The van der Waals surface area contributed by atoms with Crippen molar-refractivity contribution in [2.75, 3.05) is 26.6 Å². The van der Waals surface area contributed by atoms with Crippen LogP contribution in [-0.4, -0.2) is 38.0 Å². The van der Waals surface area contributed by atoms with Gasteiger partial charge in [0.25, 0.3) is 0 Å². The Labute approximate surface area is 165 Å². The minimum Gasteiger partial charge on any atom is -0.493 e. The second-order valence-corrected chi connectivity index (χ2v) is 6.86. The number of aromatic nitrogens is 1. The van der Waals surface area contributed by atoms with E-state index in [1.54, 1.807) is 54.4 Å². The van der Waals surface area contributed by atoms with E-state index in [-0.39, 0.29) is 0 Å². The van der Waals surface area contributed by atoms with Crippen LogP contribution in [-0.2, 0) is 4.74 Å². The predicted octanol–water partition coefficient (Wildman–Crippen LogP) is 4.62. The zero-order chi connectivity index (χ0) is 20.7. The molecule has 7 nitrogen and oxygen atoms in total. The number of ether oxygens (including phenoxy) is 4. The second-order valence-electron chi connectivity index (χ2n) is 6.86. The number of anilines is 1. The summed E-state index contributed by atoms with van der Waals surface area (Å²) in [5.74, 6) is 2.04. The first-order valence-electron chi connectivity index (χ1n) is 8.70. The lowest BCUT2D eigenvalue weighted by Crippen LogP contribution is -2.27. The van der Waals surface area contributed by atoms with Crippen LogP contribution in [0.1, 0.15) is 31.9 Å². The summed E-state index contributed by atoms with van der Waals surface area (Å²) in [5.41, 5.74) is 0.967. The average Bonchev–Trinajstić information content (AvgIpc) is 2.64. The topological polar surface area (TPSA) is 78.9 Å². The van der Waals surface area contributed by atoms with Crippen molar-refractivity contribution in [1.29, 1.82) is 0 Å². The summed E-state index contributed by atoms with van der Waals surface area (Å²) in [4.78, 5) is 16.3. The molecule has 0 saturated carbocycles. The largest absolute Gasteiger partial charge is 0.493 e. The molecule has 0 bridgehead atoms. The number of carbonyl (C=O) groups is 1. The van der Waals surface area contributed by atoms with E-state index >= 15 is 0 Å². The zero-order valence-electron chi connectivity index (χ0n) is 17.0. The van der Waals surface area contributed by atoms with E-state index in [0.717, 1.165) is 11.1 Å². The molecule has 1 N–H and O–H groups in total. The van der Waals surface area contributed by atoms with Gasteiger partial charge in [-0.15, -0.1) is 0 Å². The lowest BCUT2D eigenvalue weighted by Gasteiger charge is -2.19. The number of nitrogens with zero attached hydrogens (tertiary/aromatic N) is 1. The number of hydrogen-bond acceptors (Lipinski definition) is 6. The Bertz CT molecular complexity index is 831. The molecule has 0 unspecified atom stereocenters. The summed E-state index contributed by atoms with van der Waals surface area (Å²) in [6.45, 7) is 5.41. The third-order valence-electron chi connectivity index (χ3n) is 3.60. The highest BCUT2D eigenvalue weighted by atomic mass is 16.6. The fourth-order valence-corrected chi connectivity index (χ4v) is 2.44. The van der Waals surface area contributed by atoms with Gasteiger partial charge in [-0.2, -0.15) is 0 Å². The van der Waals surface area contributed by atoms with Gasteiger partial charge in [0.2, 0.25) is 5.75 Å². The summed E-state index contributed by atoms with van der Waals surface area (Å²) in [6.07, 6.45) is 4.74. The van der Waals surface area contributed by atoms with Gasteiger partial charge >= 0.3 is 6.09 Å². The van der Waals surface area contributed by atoms with Crippen molar-refractivity contribution >= 4 is 24.1 Å². The average molecular weight is 386 g/mol. The highest BCUT2D eigenvalue weighted by Crippen LogP contribution is 2.38. The smallest absolute Gasteiger partial charge is 0.413 e. The molecule has 0 aliphatic rings. The number of methoxy groups -OCH3 is 3. The Kier molecular flexibility index (Phi) is 6.87. The first kappa shape index (κ1) is 21.1. The molecule has 2 aromatic rings.